The van der Waals surface area contributed by atoms with E-state index in [-0.39, 0.29) is 0 Å². The van der Waals surface area contributed by atoms with Gasteiger partial charge in [0.15, 0.2) is 5.82 Å². The molecule has 0 spiro atoms. The van der Waals surface area contributed by atoms with Crippen LogP contribution in [-0.2, 0) is 0 Å². The molecule has 1 aromatic rings. The van der Waals surface area contributed by atoms with E-state index in [1.54, 1.807) is 12.1 Å². The number of nitrogens with one attached hydrogen (secondary N) is 3. The smallest absolute Gasteiger partial charge is 0.175 e. The molecule has 0 bridgehead atoms. The van der Waals surface area contributed by atoms with Gasteiger partial charge in [0.1, 0.15) is 11.7 Å². The monoisotopic (exact) mass is 330 g/mol. The second-order valence-electron chi connectivity index (χ2n) is 5.96. The van der Waals surface area contributed by atoms with E-state index in [2.05, 4.69) is 33.7 Å². The number of H-pyrrole nitrogens is 1. The van der Waals surface area contributed by atoms with E-state index in [9.17, 15) is 0 Å². The van der Waals surface area contributed by atoms with E-state index < -0.39 is 0 Å². The molecule has 2 heterocycles. The van der Waals surface area contributed by atoms with Crippen LogP contribution in [0.2, 0.25) is 0 Å². The number of aliphatic imine (C=N–C) groups is 1. The van der Waals surface area contributed by atoms with Gasteiger partial charge in [-0.2, -0.15) is 5.10 Å². The third kappa shape index (κ3) is 5.02. The minimum Gasteiger partial charge on any atom is -0.387 e. The molecular weight excluding hydrogens is 304 g/mol. The highest BCUT2D eigenvalue weighted by Crippen LogP contribution is 2.12. The Bertz CT molecular complexity index is 622. The maximum Gasteiger partial charge on any atom is 0.175 e. The van der Waals surface area contributed by atoms with Crippen LogP contribution in [0.4, 0.5) is 5.82 Å². The van der Waals surface area contributed by atoms with Crippen LogP contribution in [0.15, 0.2) is 23.7 Å². The van der Waals surface area contributed by atoms with Crippen molar-refractivity contribution in [1.82, 2.24) is 20.0 Å². The minimum absolute atomic E-state index is 0.305. The van der Waals surface area contributed by atoms with Crippen LogP contribution in [0.3, 0.4) is 0 Å². The number of nitrogens with two attached hydrogens (primary N) is 1. The zero-order valence-corrected chi connectivity index (χ0v) is 14.2. The highest BCUT2D eigenvalue weighted by Gasteiger charge is 2.17. The van der Waals surface area contributed by atoms with Crippen molar-refractivity contribution in [3.05, 3.63) is 24.4 Å². The summed E-state index contributed by atoms with van der Waals surface area (Å²) in [6.45, 7) is 7.25. The first kappa shape index (κ1) is 17.9. The normalized spacial score (nSPS) is 16.2. The Hall–Kier alpha value is -2.48. The van der Waals surface area contributed by atoms with E-state index >= 15 is 0 Å². The summed E-state index contributed by atoms with van der Waals surface area (Å²) < 4.78 is 0. The predicted octanol–water partition coefficient (Wildman–Crippen LogP) is 1.35. The number of piperazine rings is 1. The molecule has 1 aliphatic rings. The predicted molar refractivity (Wildman–Crippen MR) is 97.5 cm³/mol. The Kier molecular flexibility index (Phi) is 6.25. The van der Waals surface area contributed by atoms with Crippen molar-refractivity contribution in [2.24, 2.45) is 10.7 Å². The van der Waals surface area contributed by atoms with Gasteiger partial charge in [0.25, 0.3) is 0 Å². The number of likely N-dealkylation sites (N-methyl/N-ethyl adjacent to an activating group) is 1. The molecule has 8 heteroatoms. The molecule has 0 radical (unpaired) electrons. The van der Waals surface area contributed by atoms with Gasteiger partial charge >= 0.3 is 0 Å². The molecule has 1 aliphatic heterocycles. The van der Waals surface area contributed by atoms with E-state index in [1.165, 1.54) is 0 Å². The number of hydrogen-bond donors (Lipinski definition) is 4. The van der Waals surface area contributed by atoms with Crippen molar-refractivity contribution in [1.29, 1.82) is 10.8 Å². The van der Waals surface area contributed by atoms with Crippen LogP contribution in [0, 0.1) is 10.8 Å². The van der Waals surface area contributed by atoms with Crippen LogP contribution < -0.4 is 5.73 Å². The first-order chi connectivity index (χ1) is 11.5. The van der Waals surface area contributed by atoms with Crippen molar-refractivity contribution < 1.29 is 0 Å². The average Bonchev–Trinajstić information content (AvgIpc) is 3.01. The van der Waals surface area contributed by atoms with Crippen molar-refractivity contribution in [3.63, 3.8) is 0 Å². The molecule has 2 rings (SSSR count). The van der Waals surface area contributed by atoms with Crippen molar-refractivity contribution in [2.45, 2.75) is 19.3 Å². The molecule has 24 heavy (non-hydrogen) atoms. The standard InChI is InChI=1S/C16H26N8/c1-3-4-5-12(17)13-10-16(22-21-13)20-14(18)11-15(19)24-8-6-23(2)7-9-24/h3,10,17,19H,1,4-9,11H2,2H3,(H3,18,20,21,22). The third-order valence-electron chi connectivity index (χ3n) is 3.98. The molecule has 1 aromatic heterocycles. The third-order valence-corrected chi connectivity index (χ3v) is 3.98. The molecule has 0 aromatic carbocycles. The summed E-state index contributed by atoms with van der Waals surface area (Å²) in [4.78, 5) is 8.52. The lowest BCUT2D eigenvalue weighted by Crippen LogP contribution is -2.47. The topological polar surface area (TPSA) is 121 Å². The average molecular weight is 330 g/mol. The van der Waals surface area contributed by atoms with Crippen LogP contribution in [-0.4, -0.2) is 70.6 Å². The number of nitrogens with zero attached hydrogens (tertiary/aromatic N) is 4. The molecule has 8 nitrogen and oxygen atoms in total. The first-order valence-electron chi connectivity index (χ1n) is 8.07. The Morgan fingerprint density at radius 3 is 2.79 bits per heavy atom. The fraction of sp³-hybridized carbons (Fsp3) is 0.500. The lowest BCUT2D eigenvalue weighted by Gasteiger charge is -2.34. The lowest BCUT2D eigenvalue weighted by atomic mass is 10.1. The Morgan fingerprint density at radius 1 is 1.42 bits per heavy atom. The van der Waals surface area contributed by atoms with E-state index in [0.717, 1.165) is 32.6 Å². The molecule has 0 saturated carbocycles. The minimum atomic E-state index is 0.305. The molecule has 0 unspecified atom stereocenters. The Labute approximate surface area is 142 Å². The van der Waals surface area contributed by atoms with Gasteiger partial charge in [0.05, 0.1) is 17.8 Å². The summed E-state index contributed by atoms with van der Waals surface area (Å²) >= 11 is 0. The molecule has 130 valence electrons. The first-order valence-corrected chi connectivity index (χ1v) is 8.07. The lowest BCUT2D eigenvalue weighted by molar-refractivity contribution is 0.213. The largest absolute Gasteiger partial charge is 0.387 e. The molecular formula is C16H26N8. The number of amidine groups is 2. The van der Waals surface area contributed by atoms with E-state index in [1.807, 2.05) is 4.90 Å². The van der Waals surface area contributed by atoms with Crippen LogP contribution in [0.5, 0.6) is 0 Å². The second-order valence-corrected chi connectivity index (χ2v) is 5.96. The number of allylic oxidation sites excluding steroid dienone is 1. The molecule has 5 N–H and O–H groups in total. The molecule has 0 atom stereocenters. The van der Waals surface area contributed by atoms with E-state index in [4.69, 9.17) is 16.6 Å². The fourth-order valence-corrected chi connectivity index (χ4v) is 2.45. The highest BCUT2D eigenvalue weighted by molar-refractivity contribution is 6.01. The molecule has 0 amide bonds. The molecule has 1 fully saturated rings. The van der Waals surface area contributed by atoms with Gasteiger partial charge in [-0.05, 0) is 19.9 Å². The number of rotatable bonds is 7. The highest BCUT2D eigenvalue weighted by atomic mass is 15.3. The maximum absolute atomic E-state index is 8.17. The number of aromatic nitrogens is 2. The van der Waals surface area contributed by atoms with Gasteiger partial charge in [-0.1, -0.05) is 6.08 Å². The second kappa shape index (κ2) is 8.39. The summed E-state index contributed by atoms with van der Waals surface area (Å²) in [6, 6.07) is 1.71. The van der Waals surface area contributed by atoms with Gasteiger partial charge < -0.3 is 20.9 Å². The SMILES string of the molecule is C=CCCC(=N)c1cc(N=C(N)CC(=N)N2CCN(C)CC2)n[nH]1. The van der Waals surface area contributed by atoms with Gasteiger partial charge in [-0.25, -0.2) is 4.99 Å². The summed E-state index contributed by atoms with van der Waals surface area (Å²) in [7, 11) is 2.08. The van der Waals surface area contributed by atoms with Crippen molar-refractivity contribution in [3.8, 4) is 0 Å². The van der Waals surface area contributed by atoms with Gasteiger partial charge in [-0.15, -0.1) is 6.58 Å². The van der Waals surface area contributed by atoms with Crippen molar-refractivity contribution in [2.75, 3.05) is 33.2 Å². The summed E-state index contributed by atoms with van der Waals surface area (Å²) in [5.41, 5.74) is 7.06. The summed E-state index contributed by atoms with van der Waals surface area (Å²) in [5.74, 6) is 1.28. The van der Waals surface area contributed by atoms with Gasteiger partial charge in [0.2, 0.25) is 0 Å². The molecule has 1 saturated heterocycles. The van der Waals surface area contributed by atoms with Crippen LogP contribution in [0.25, 0.3) is 0 Å². The van der Waals surface area contributed by atoms with Gasteiger partial charge in [0, 0.05) is 32.2 Å². The molecule has 0 aliphatic carbocycles. The van der Waals surface area contributed by atoms with Crippen molar-refractivity contribution >= 4 is 23.2 Å². The Morgan fingerprint density at radius 2 is 2.12 bits per heavy atom. The summed E-state index contributed by atoms with van der Waals surface area (Å²) in [6.07, 6.45) is 3.45. The van der Waals surface area contributed by atoms with Crippen LogP contribution >= 0.6 is 0 Å². The van der Waals surface area contributed by atoms with Crippen LogP contribution in [0.1, 0.15) is 25.0 Å². The maximum atomic E-state index is 8.17. The quantitative estimate of drug-likeness (QED) is 0.342. The van der Waals surface area contributed by atoms with E-state index in [0.29, 0.717) is 41.7 Å². The summed E-state index contributed by atoms with van der Waals surface area (Å²) in [5, 5.41) is 23.0. The Balaban J connectivity index is 1.91. The zero-order chi connectivity index (χ0) is 17.5. The fourth-order valence-electron chi connectivity index (χ4n) is 2.45. The number of hydrogen-bond acceptors (Lipinski definition) is 5. The zero-order valence-electron chi connectivity index (χ0n) is 14.2. The number of aromatic amines is 1. The van der Waals surface area contributed by atoms with Gasteiger partial charge in [-0.3, -0.25) is 10.5 Å².